The molecular weight excluding hydrogens is 412 g/mol. The van der Waals surface area contributed by atoms with Crippen molar-refractivity contribution >= 4 is 5.91 Å². The number of amides is 1. The van der Waals surface area contributed by atoms with Gasteiger partial charge in [-0.05, 0) is 48.6 Å². The van der Waals surface area contributed by atoms with Crippen LogP contribution in [0.3, 0.4) is 0 Å². The van der Waals surface area contributed by atoms with Crippen molar-refractivity contribution in [3.05, 3.63) is 101 Å². The lowest BCUT2D eigenvalue weighted by molar-refractivity contribution is 0.0944. The molecule has 1 aliphatic rings. The number of aromatic nitrogens is 4. The van der Waals surface area contributed by atoms with Crippen LogP contribution in [0.4, 0.5) is 8.78 Å². The van der Waals surface area contributed by atoms with Crippen LogP contribution in [-0.4, -0.2) is 25.5 Å². The van der Waals surface area contributed by atoms with Crippen LogP contribution in [0, 0.1) is 11.6 Å². The van der Waals surface area contributed by atoms with Gasteiger partial charge >= 0.3 is 0 Å². The number of fused-ring (bicyclic) bond motifs is 1. The van der Waals surface area contributed by atoms with Crippen LogP contribution in [-0.2, 0) is 25.9 Å². The molecule has 162 valence electrons. The van der Waals surface area contributed by atoms with E-state index >= 15 is 0 Å². The van der Waals surface area contributed by atoms with Crippen LogP contribution in [0.15, 0.2) is 60.9 Å². The van der Waals surface area contributed by atoms with E-state index in [2.05, 4.69) is 15.5 Å². The molecule has 0 unspecified atom stereocenters. The lowest BCUT2D eigenvalue weighted by atomic mass is 10.1. The molecule has 1 N–H and O–H groups in total. The Kier molecular flexibility index (Phi) is 5.26. The van der Waals surface area contributed by atoms with Crippen molar-refractivity contribution in [3.8, 4) is 5.69 Å². The molecule has 2 aromatic carbocycles. The van der Waals surface area contributed by atoms with Crippen LogP contribution in [0.1, 0.15) is 39.3 Å². The summed E-state index contributed by atoms with van der Waals surface area (Å²) in [6.07, 6.45) is 6.03. The zero-order chi connectivity index (χ0) is 22.1. The molecule has 6 nitrogen and oxygen atoms in total. The summed E-state index contributed by atoms with van der Waals surface area (Å²) in [6, 6.07) is 13.5. The highest BCUT2D eigenvalue weighted by atomic mass is 19.2. The maximum atomic E-state index is 13.7. The molecule has 32 heavy (non-hydrogen) atoms. The average Bonchev–Trinajstić information content (AvgIpc) is 3.53. The standard InChI is InChI=1S/C24H21F2N5O/c25-20-10-9-18(13-21(20)26)31-22-4-1-3-19(22)23(29-31)24(32)27-14-16-5-7-17(8-6-16)15-30-12-2-11-28-30/h2,5-13H,1,3-4,14-15H2,(H,27,32). The molecule has 0 aliphatic heterocycles. The minimum atomic E-state index is -0.938. The fourth-order valence-corrected chi connectivity index (χ4v) is 4.06. The number of hydrogen-bond donors (Lipinski definition) is 1. The Bertz CT molecular complexity index is 1260. The van der Waals surface area contributed by atoms with Gasteiger partial charge in [0, 0.05) is 36.3 Å². The van der Waals surface area contributed by atoms with Gasteiger partial charge in [-0.2, -0.15) is 10.2 Å². The molecule has 5 rings (SSSR count). The summed E-state index contributed by atoms with van der Waals surface area (Å²) < 4.78 is 30.5. The van der Waals surface area contributed by atoms with E-state index in [4.69, 9.17) is 0 Å². The van der Waals surface area contributed by atoms with E-state index in [-0.39, 0.29) is 5.91 Å². The van der Waals surface area contributed by atoms with Gasteiger partial charge in [0.2, 0.25) is 0 Å². The van der Waals surface area contributed by atoms with Crippen LogP contribution < -0.4 is 5.32 Å². The Balaban J connectivity index is 1.30. The van der Waals surface area contributed by atoms with Crippen LogP contribution in [0.5, 0.6) is 0 Å². The van der Waals surface area contributed by atoms with Crippen molar-refractivity contribution in [2.75, 3.05) is 0 Å². The first-order chi connectivity index (χ1) is 15.6. The van der Waals surface area contributed by atoms with Gasteiger partial charge in [0.25, 0.3) is 5.91 Å². The monoisotopic (exact) mass is 433 g/mol. The van der Waals surface area contributed by atoms with Gasteiger partial charge < -0.3 is 5.32 Å². The molecule has 1 amide bonds. The number of halogens is 2. The fourth-order valence-electron chi connectivity index (χ4n) is 4.06. The SMILES string of the molecule is O=C(NCc1ccc(Cn2cccn2)cc1)c1nn(-c2ccc(F)c(F)c2)c2c1CCC2. The van der Waals surface area contributed by atoms with Crippen molar-refractivity contribution < 1.29 is 13.6 Å². The van der Waals surface area contributed by atoms with Crippen molar-refractivity contribution in [2.24, 2.45) is 0 Å². The summed E-state index contributed by atoms with van der Waals surface area (Å²) >= 11 is 0. The maximum Gasteiger partial charge on any atom is 0.272 e. The number of hydrogen-bond acceptors (Lipinski definition) is 3. The predicted octanol–water partition coefficient (Wildman–Crippen LogP) is 3.81. The second kappa shape index (κ2) is 8.37. The van der Waals surface area contributed by atoms with E-state index < -0.39 is 11.6 Å². The Morgan fingerprint density at radius 3 is 2.59 bits per heavy atom. The van der Waals surface area contributed by atoms with Gasteiger partial charge in [-0.1, -0.05) is 24.3 Å². The van der Waals surface area contributed by atoms with Crippen LogP contribution >= 0.6 is 0 Å². The first-order valence-electron chi connectivity index (χ1n) is 10.5. The highest BCUT2D eigenvalue weighted by Gasteiger charge is 2.27. The zero-order valence-electron chi connectivity index (χ0n) is 17.3. The largest absolute Gasteiger partial charge is 0.347 e. The number of carbonyl (C=O) groups is 1. The maximum absolute atomic E-state index is 13.7. The number of nitrogens with one attached hydrogen (secondary N) is 1. The first kappa shape index (κ1) is 20.1. The third-order valence-electron chi connectivity index (χ3n) is 5.67. The lowest BCUT2D eigenvalue weighted by Crippen LogP contribution is -2.24. The number of benzene rings is 2. The van der Waals surface area contributed by atoms with Gasteiger partial charge in [0.05, 0.1) is 12.2 Å². The molecule has 0 saturated heterocycles. The molecule has 0 saturated carbocycles. The summed E-state index contributed by atoms with van der Waals surface area (Å²) in [7, 11) is 0. The van der Waals surface area contributed by atoms with Gasteiger partial charge in [-0.25, -0.2) is 13.5 Å². The molecule has 2 aromatic heterocycles. The summed E-state index contributed by atoms with van der Waals surface area (Å²) in [5, 5.41) is 11.6. The zero-order valence-corrected chi connectivity index (χ0v) is 17.3. The van der Waals surface area contributed by atoms with Crippen molar-refractivity contribution in [2.45, 2.75) is 32.4 Å². The highest BCUT2D eigenvalue weighted by molar-refractivity contribution is 5.94. The third kappa shape index (κ3) is 3.91. The molecule has 1 aliphatic carbocycles. The number of nitrogens with zero attached hydrogens (tertiary/aromatic N) is 4. The van der Waals surface area contributed by atoms with Crippen LogP contribution in [0.25, 0.3) is 5.69 Å². The molecule has 0 radical (unpaired) electrons. The summed E-state index contributed by atoms with van der Waals surface area (Å²) in [5.74, 6) is -2.12. The molecule has 0 bridgehead atoms. The average molecular weight is 433 g/mol. The van der Waals surface area contributed by atoms with Gasteiger partial charge in [-0.15, -0.1) is 0 Å². The first-order valence-corrected chi connectivity index (χ1v) is 10.5. The van der Waals surface area contributed by atoms with E-state index in [1.165, 1.54) is 6.07 Å². The van der Waals surface area contributed by atoms with Crippen molar-refractivity contribution in [1.29, 1.82) is 0 Å². The Morgan fingerprint density at radius 2 is 1.84 bits per heavy atom. The van der Waals surface area contributed by atoms with Crippen LogP contribution in [0.2, 0.25) is 0 Å². The summed E-state index contributed by atoms with van der Waals surface area (Å²) in [6.45, 7) is 1.06. The van der Waals surface area contributed by atoms with Gasteiger partial charge in [0.1, 0.15) is 0 Å². The minimum Gasteiger partial charge on any atom is -0.347 e. The predicted molar refractivity (Wildman–Crippen MR) is 114 cm³/mol. The molecule has 4 aromatic rings. The highest BCUT2D eigenvalue weighted by Crippen LogP contribution is 2.28. The van der Waals surface area contributed by atoms with Gasteiger partial charge in [-0.3, -0.25) is 9.48 Å². The quantitative estimate of drug-likeness (QED) is 0.503. The normalized spacial score (nSPS) is 12.7. The van der Waals surface area contributed by atoms with E-state index in [0.717, 1.165) is 53.8 Å². The van der Waals surface area contributed by atoms with Gasteiger partial charge in [0.15, 0.2) is 17.3 Å². The second-order valence-electron chi connectivity index (χ2n) is 7.84. The molecule has 2 heterocycles. The number of carbonyl (C=O) groups excluding carboxylic acids is 1. The summed E-state index contributed by atoms with van der Waals surface area (Å²) in [5.41, 5.74) is 4.60. The summed E-state index contributed by atoms with van der Waals surface area (Å²) in [4.78, 5) is 12.9. The lowest BCUT2D eigenvalue weighted by Gasteiger charge is -2.07. The Hall–Kier alpha value is -3.81. The van der Waals surface area contributed by atoms with E-state index in [9.17, 15) is 13.6 Å². The number of rotatable bonds is 6. The second-order valence-corrected chi connectivity index (χ2v) is 7.84. The molecule has 0 spiro atoms. The smallest absolute Gasteiger partial charge is 0.272 e. The van der Waals surface area contributed by atoms with E-state index in [1.54, 1.807) is 10.9 Å². The van der Waals surface area contributed by atoms with E-state index in [0.29, 0.717) is 24.5 Å². The minimum absolute atomic E-state index is 0.273. The third-order valence-corrected chi connectivity index (χ3v) is 5.67. The molecule has 0 fully saturated rings. The van der Waals surface area contributed by atoms with Crippen molar-refractivity contribution in [1.82, 2.24) is 24.9 Å². The fraction of sp³-hybridized carbons (Fsp3) is 0.208. The van der Waals surface area contributed by atoms with E-state index in [1.807, 2.05) is 41.2 Å². The Morgan fingerprint density at radius 1 is 1.03 bits per heavy atom. The Labute approximate surface area is 183 Å². The topological polar surface area (TPSA) is 64.7 Å². The molecule has 0 atom stereocenters. The molecule has 8 heteroatoms. The van der Waals surface area contributed by atoms with Crippen molar-refractivity contribution in [3.63, 3.8) is 0 Å². The molecular formula is C24H21F2N5O.